The number of amides is 1. The van der Waals surface area contributed by atoms with E-state index in [-0.39, 0.29) is 5.91 Å². The zero-order valence-corrected chi connectivity index (χ0v) is 12.3. The first-order valence-corrected chi connectivity index (χ1v) is 7.13. The molecular weight excluding hydrogens is 300 g/mol. The van der Waals surface area contributed by atoms with Gasteiger partial charge < -0.3 is 4.90 Å². The van der Waals surface area contributed by atoms with Gasteiger partial charge in [-0.3, -0.25) is 4.79 Å². The maximum Gasteiger partial charge on any atom is 0.239 e. The van der Waals surface area contributed by atoms with Gasteiger partial charge in [-0.2, -0.15) is 5.26 Å². The van der Waals surface area contributed by atoms with Gasteiger partial charge in [-0.05, 0) is 28.4 Å². The van der Waals surface area contributed by atoms with Crippen LogP contribution in [0.25, 0.3) is 0 Å². The van der Waals surface area contributed by atoms with Crippen LogP contribution in [-0.4, -0.2) is 17.9 Å². The zero-order chi connectivity index (χ0) is 12.8. The zero-order valence-electron chi connectivity index (χ0n) is 9.94. The summed E-state index contributed by atoms with van der Waals surface area (Å²) in [4.78, 5) is 14.7. The van der Waals surface area contributed by atoms with E-state index in [9.17, 15) is 4.79 Å². The molecule has 1 rings (SSSR count). The van der Waals surface area contributed by atoms with E-state index in [4.69, 9.17) is 5.26 Å². The Morgan fingerprint density at radius 3 is 2.88 bits per heavy atom. The molecule has 1 aromatic heterocycles. The standard InChI is InChI=1S/C12H15BrN2OS/c1-3-4-9(6-14)12(16)15(2)7-11-5-10(13)8-17-11/h5,8-9H,3-4,7H2,1-2H3. The number of rotatable bonds is 5. The number of hydrogen-bond acceptors (Lipinski definition) is 3. The van der Waals surface area contributed by atoms with E-state index in [1.165, 1.54) is 0 Å². The molecule has 0 aliphatic carbocycles. The van der Waals surface area contributed by atoms with E-state index < -0.39 is 5.92 Å². The van der Waals surface area contributed by atoms with Crippen molar-refractivity contribution in [2.24, 2.45) is 5.92 Å². The Morgan fingerprint density at radius 1 is 1.71 bits per heavy atom. The largest absolute Gasteiger partial charge is 0.339 e. The fourth-order valence-corrected chi connectivity index (χ4v) is 3.05. The molecule has 1 amide bonds. The number of carbonyl (C=O) groups is 1. The number of nitrogens with zero attached hydrogens (tertiary/aromatic N) is 2. The summed E-state index contributed by atoms with van der Waals surface area (Å²) in [6.07, 6.45) is 1.48. The summed E-state index contributed by atoms with van der Waals surface area (Å²) in [6.45, 7) is 2.55. The van der Waals surface area contributed by atoms with Crippen molar-refractivity contribution in [3.63, 3.8) is 0 Å². The molecule has 0 saturated heterocycles. The van der Waals surface area contributed by atoms with Crippen LogP contribution < -0.4 is 0 Å². The van der Waals surface area contributed by atoms with E-state index in [0.29, 0.717) is 13.0 Å². The number of nitriles is 1. The van der Waals surface area contributed by atoms with Crippen LogP contribution in [-0.2, 0) is 11.3 Å². The van der Waals surface area contributed by atoms with Crippen molar-refractivity contribution in [3.05, 3.63) is 20.8 Å². The first kappa shape index (κ1) is 14.2. The van der Waals surface area contributed by atoms with E-state index in [1.807, 2.05) is 18.4 Å². The summed E-state index contributed by atoms with van der Waals surface area (Å²) in [5.74, 6) is -0.590. The lowest BCUT2D eigenvalue weighted by Gasteiger charge is -2.19. The molecule has 3 nitrogen and oxygen atoms in total. The summed E-state index contributed by atoms with van der Waals surface area (Å²) >= 11 is 4.99. The number of carbonyl (C=O) groups excluding carboxylic acids is 1. The monoisotopic (exact) mass is 314 g/mol. The highest BCUT2D eigenvalue weighted by atomic mass is 79.9. The van der Waals surface area contributed by atoms with Crippen LogP contribution in [0, 0.1) is 17.2 Å². The lowest BCUT2D eigenvalue weighted by molar-refractivity contribution is -0.133. The van der Waals surface area contributed by atoms with Gasteiger partial charge in [0.1, 0.15) is 5.92 Å². The van der Waals surface area contributed by atoms with Crippen LogP contribution >= 0.6 is 27.3 Å². The molecule has 1 aromatic rings. The van der Waals surface area contributed by atoms with Gasteiger partial charge in [-0.25, -0.2) is 0 Å². The highest BCUT2D eigenvalue weighted by Gasteiger charge is 2.21. The Bertz CT molecular complexity index is 424. The number of thiophene rings is 1. The maximum atomic E-state index is 12.0. The Labute approximate surface area is 114 Å². The van der Waals surface area contributed by atoms with Gasteiger partial charge >= 0.3 is 0 Å². The molecule has 0 N–H and O–H groups in total. The molecule has 5 heteroatoms. The second-order valence-electron chi connectivity index (χ2n) is 3.90. The molecule has 0 radical (unpaired) electrons. The van der Waals surface area contributed by atoms with Crippen LogP contribution in [0.3, 0.4) is 0 Å². The Hall–Kier alpha value is -0.860. The normalized spacial score (nSPS) is 11.9. The number of hydrogen-bond donors (Lipinski definition) is 0. The summed E-state index contributed by atoms with van der Waals surface area (Å²) in [5.41, 5.74) is 0. The second kappa shape index (κ2) is 6.77. The Kier molecular flexibility index (Phi) is 5.66. The van der Waals surface area contributed by atoms with Crippen molar-refractivity contribution in [2.45, 2.75) is 26.3 Å². The minimum atomic E-state index is -0.506. The lowest BCUT2D eigenvalue weighted by atomic mass is 10.0. The summed E-state index contributed by atoms with van der Waals surface area (Å²) in [6, 6.07) is 4.07. The van der Waals surface area contributed by atoms with Gasteiger partial charge in [0.25, 0.3) is 0 Å². The first-order valence-electron chi connectivity index (χ1n) is 5.46. The molecule has 1 heterocycles. The third-order valence-electron chi connectivity index (χ3n) is 2.42. The van der Waals surface area contributed by atoms with Crippen LogP contribution in [0.2, 0.25) is 0 Å². The quantitative estimate of drug-likeness (QED) is 0.836. The van der Waals surface area contributed by atoms with Crippen LogP contribution in [0.1, 0.15) is 24.6 Å². The third-order valence-corrected chi connectivity index (χ3v) is 4.10. The minimum Gasteiger partial charge on any atom is -0.339 e. The predicted molar refractivity (Wildman–Crippen MR) is 72.5 cm³/mol. The van der Waals surface area contributed by atoms with Crippen molar-refractivity contribution in [3.8, 4) is 6.07 Å². The van der Waals surface area contributed by atoms with Gasteiger partial charge in [0.05, 0.1) is 12.6 Å². The summed E-state index contributed by atoms with van der Waals surface area (Å²) in [5, 5.41) is 10.9. The van der Waals surface area contributed by atoms with Gasteiger partial charge in [-0.15, -0.1) is 11.3 Å². The highest BCUT2D eigenvalue weighted by molar-refractivity contribution is 9.10. The third kappa shape index (κ3) is 4.14. The molecule has 92 valence electrons. The number of halogens is 1. The molecule has 1 atom stereocenters. The van der Waals surface area contributed by atoms with Crippen molar-refractivity contribution >= 4 is 33.2 Å². The SMILES string of the molecule is CCCC(C#N)C(=O)N(C)Cc1cc(Br)cs1. The van der Waals surface area contributed by atoms with Crippen molar-refractivity contribution in [2.75, 3.05) is 7.05 Å². The Balaban J connectivity index is 2.60. The molecule has 0 fully saturated rings. The second-order valence-corrected chi connectivity index (χ2v) is 5.81. The van der Waals surface area contributed by atoms with E-state index >= 15 is 0 Å². The minimum absolute atomic E-state index is 0.0844. The van der Waals surface area contributed by atoms with Gasteiger partial charge in [0.15, 0.2) is 0 Å². The molecule has 0 bridgehead atoms. The van der Waals surface area contributed by atoms with Crippen molar-refractivity contribution < 1.29 is 4.79 Å². The molecule has 0 aliphatic heterocycles. The Morgan fingerprint density at radius 2 is 2.41 bits per heavy atom. The van der Waals surface area contributed by atoms with Crippen molar-refractivity contribution in [1.29, 1.82) is 5.26 Å². The molecule has 0 saturated carbocycles. The lowest BCUT2D eigenvalue weighted by Crippen LogP contribution is -2.31. The average Bonchev–Trinajstić information content (AvgIpc) is 2.70. The molecule has 0 aliphatic rings. The fraction of sp³-hybridized carbons (Fsp3) is 0.500. The fourth-order valence-electron chi connectivity index (χ4n) is 1.55. The summed E-state index contributed by atoms with van der Waals surface area (Å²) < 4.78 is 1.03. The van der Waals surface area contributed by atoms with Gasteiger partial charge in [0, 0.05) is 21.8 Å². The van der Waals surface area contributed by atoms with E-state index in [1.54, 1.807) is 23.3 Å². The topological polar surface area (TPSA) is 44.1 Å². The maximum absolute atomic E-state index is 12.0. The first-order chi connectivity index (χ1) is 8.08. The molecular formula is C12H15BrN2OS. The van der Waals surface area contributed by atoms with Crippen LogP contribution in [0.5, 0.6) is 0 Å². The van der Waals surface area contributed by atoms with E-state index in [2.05, 4.69) is 22.0 Å². The van der Waals surface area contributed by atoms with Gasteiger partial charge in [0.2, 0.25) is 5.91 Å². The molecule has 0 aromatic carbocycles. The predicted octanol–water partition coefficient (Wildman–Crippen LogP) is 3.41. The molecule has 0 spiro atoms. The molecule has 1 unspecified atom stereocenters. The molecule has 17 heavy (non-hydrogen) atoms. The van der Waals surface area contributed by atoms with Crippen LogP contribution in [0.4, 0.5) is 0 Å². The smallest absolute Gasteiger partial charge is 0.239 e. The van der Waals surface area contributed by atoms with Gasteiger partial charge in [-0.1, -0.05) is 13.3 Å². The summed E-state index contributed by atoms with van der Waals surface area (Å²) in [7, 11) is 1.75. The highest BCUT2D eigenvalue weighted by Crippen LogP contribution is 2.21. The average molecular weight is 315 g/mol. The van der Waals surface area contributed by atoms with Crippen LogP contribution in [0.15, 0.2) is 15.9 Å². The van der Waals surface area contributed by atoms with Crippen molar-refractivity contribution in [1.82, 2.24) is 4.90 Å². The van der Waals surface area contributed by atoms with E-state index in [0.717, 1.165) is 15.8 Å².